The number of ketones is 2. The number of halogens is 1. The number of hydrogen-bond donors (Lipinski definition) is 0. The van der Waals surface area contributed by atoms with Crippen molar-refractivity contribution in [3.8, 4) is 0 Å². The third-order valence-electron chi connectivity index (χ3n) is 4.10. The van der Waals surface area contributed by atoms with E-state index in [1.807, 2.05) is 0 Å². The van der Waals surface area contributed by atoms with Crippen molar-refractivity contribution in [2.45, 2.75) is 6.92 Å². The van der Waals surface area contributed by atoms with Gasteiger partial charge in [0.25, 0.3) is 0 Å². The Morgan fingerprint density at radius 2 is 2.04 bits per heavy atom. The summed E-state index contributed by atoms with van der Waals surface area (Å²) in [5.74, 6) is -1.57. The summed E-state index contributed by atoms with van der Waals surface area (Å²) < 4.78 is 6.56. The van der Waals surface area contributed by atoms with Crippen molar-refractivity contribution >= 4 is 34.7 Å². The van der Waals surface area contributed by atoms with Crippen molar-refractivity contribution in [1.29, 1.82) is 0 Å². The van der Waals surface area contributed by atoms with Gasteiger partial charge in [-0.25, -0.2) is 4.79 Å². The van der Waals surface area contributed by atoms with E-state index in [9.17, 15) is 14.4 Å². The molecule has 0 aliphatic heterocycles. The summed E-state index contributed by atoms with van der Waals surface area (Å²) in [6, 6.07) is 6.31. The molecule has 0 saturated carbocycles. The van der Waals surface area contributed by atoms with E-state index in [0.717, 1.165) is 0 Å². The Labute approximate surface area is 147 Å². The average molecular weight is 355 g/mol. The number of hydrogen-bond acceptors (Lipinski definition) is 5. The Morgan fingerprint density at radius 3 is 2.80 bits per heavy atom. The van der Waals surface area contributed by atoms with Crippen LogP contribution in [0.15, 0.2) is 36.7 Å². The molecule has 0 N–H and O–H groups in total. The second-order valence-electron chi connectivity index (χ2n) is 5.45. The predicted octanol–water partition coefficient (Wildman–Crippen LogP) is 2.94. The monoisotopic (exact) mass is 354 g/mol. The number of esters is 1. The molecule has 6 nitrogen and oxygen atoms in total. The van der Waals surface area contributed by atoms with Gasteiger partial charge in [0.1, 0.15) is 11.4 Å². The first-order chi connectivity index (χ1) is 12.1. The van der Waals surface area contributed by atoms with Gasteiger partial charge in [-0.1, -0.05) is 11.6 Å². The van der Waals surface area contributed by atoms with Crippen LogP contribution in [0.5, 0.6) is 0 Å². The molecule has 0 amide bonds. The van der Waals surface area contributed by atoms with Gasteiger partial charge in [-0.15, -0.1) is 0 Å². The highest BCUT2D eigenvalue weighted by Crippen LogP contribution is 2.36. The maximum atomic E-state index is 13.0. The number of aromatic nitrogens is 2. The van der Waals surface area contributed by atoms with Crippen molar-refractivity contribution < 1.29 is 19.1 Å². The van der Waals surface area contributed by atoms with Crippen LogP contribution in [0.1, 0.15) is 49.4 Å². The summed E-state index contributed by atoms with van der Waals surface area (Å²) in [7, 11) is 0. The van der Waals surface area contributed by atoms with Gasteiger partial charge in [-0.2, -0.15) is 0 Å². The lowest BCUT2D eigenvalue weighted by molar-refractivity contribution is 0.0526. The Balaban J connectivity index is 2.15. The van der Waals surface area contributed by atoms with E-state index in [0.29, 0.717) is 0 Å². The molecule has 1 aliphatic carbocycles. The minimum atomic E-state index is -0.692. The molecular weight excluding hydrogens is 344 g/mol. The number of carbonyl (C=O) groups excluding carboxylic acids is 3. The minimum Gasteiger partial charge on any atom is -0.462 e. The summed E-state index contributed by atoms with van der Waals surface area (Å²) in [5.41, 5.74) is 0.610. The maximum Gasteiger partial charge on any atom is 0.341 e. The van der Waals surface area contributed by atoms with E-state index < -0.39 is 17.5 Å². The van der Waals surface area contributed by atoms with Crippen LogP contribution in [-0.4, -0.2) is 33.5 Å². The van der Waals surface area contributed by atoms with E-state index in [-0.39, 0.29) is 45.2 Å². The van der Waals surface area contributed by atoms with Crippen LogP contribution in [0.2, 0.25) is 5.02 Å². The standard InChI is InChI=1S/C18H11ClN2O4/c1-2-25-18(24)12-11-15(21-8-4-6-10(19)14(12)21)17(23)13-9(16(11)22)5-3-7-20-13/h3-8H,2H2,1H3. The number of fused-ring (bicyclic) bond motifs is 4. The van der Waals surface area contributed by atoms with Crippen LogP contribution >= 0.6 is 11.6 Å². The van der Waals surface area contributed by atoms with Gasteiger partial charge in [0, 0.05) is 12.4 Å². The van der Waals surface area contributed by atoms with Gasteiger partial charge in [-0.3, -0.25) is 14.6 Å². The van der Waals surface area contributed by atoms with Crippen molar-refractivity contribution in [3.05, 3.63) is 69.8 Å². The molecule has 0 atom stereocenters. The van der Waals surface area contributed by atoms with Crippen LogP contribution in [-0.2, 0) is 4.74 Å². The second-order valence-corrected chi connectivity index (χ2v) is 5.86. The Kier molecular flexibility index (Phi) is 3.43. The number of rotatable bonds is 2. The normalized spacial score (nSPS) is 12.9. The molecule has 3 aromatic rings. The van der Waals surface area contributed by atoms with E-state index in [4.69, 9.17) is 16.3 Å². The lowest BCUT2D eigenvalue weighted by Gasteiger charge is -2.14. The second kappa shape index (κ2) is 5.53. The number of ether oxygens (including phenoxy) is 1. The minimum absolute atomic E-state index is 0.00954. The van der Waals surface area contributed by atoms with Gasteiger partial charge in [0.15, 0.2) is 5.78 Å². The lowest BCUT2D eigenvalue weighted by Crippen LogP contribution is -2.24. The SMILES string of the molecule is CCOC(=O)c1c2c(n3cccc(Cl)c13)C(=O)c1ncccc1C2=O. The van der Waals surface area contributed by atoms with E-state index >= 15 is 0 Å². The highest BCUT2D eigenvalue weighted by atomic mass is 35.5. The number of carbonyl (C=O) groups is 3. The number of pyridine rings is 2. The van der Waals surface area contributed by atoms with Crippen molar-refractivity contribution in [2.75, 3.05) is 6.61 Å². The van der Waals surface area contributed by atoms with Crippen LogP contribution in [0.25, 0.3) is 5.52 Å². The van der Waals surface area contributed by atoms with Crippen molar-refractivity contribution in [1.82, 2.24) is 9.38 Å². The first kappa shape index (κ1) is 15.5. The fourth-order valence-corrected chi connectivity index (χ4v) is 3.39. The molecule has 124 valence electrons. The molecule has 1 aliphatic rings. The third kappa shape index (κ3) is 2.04. The Bertz CT molecular complexity index is 1080. The molecule has 0 aromatic carbocycles. The predicted molar refractivity (Wildman–Crippen MR) is 89.5 cm³/mol. The molecule has 3 aromatic heterocycles. The van der Waals surface area contributed by atoms with E-state index in [1.54, 1.807) is 31.3 Å². The zero-order valence-electron chi connectivity index (χ0n) is 13.1. The molecule has 7 heteroatoms. The summed E-state index contributed by atoms with van der Waals surface area (Å²) in [4.78, 5) is 42.5. The fourth-order valence-electron chi connectivity index (χ4n) is 3.13. The quantitative estimate of drug-likeness (QED) is 0.517. The summed E-state index contributed by atoms with van der Waals surface area (Å²) in [6.07, 6.45) is 3.03. The lowest BCUT2D eigenvalue weighted by atomic mass is 9.89. The smallest absolute Gasteiger partial charge is 0.341 e. The fraction of sp³-hybridized carbons (Fsp3) is 0.111. The molecular formula is C18H11ClN2O4. The van der Waals surface area contributed by atoms with Crippen molar-refractivity contribution in [2.24, 2.45) is 0 Å². The van der Waals surface area contributed by atoms with Crippen LogP contribution in [0.4, 0.5) is 0 Å². The van der Waals surface area contributed by atoms with Gasteiger partial charge in [0.2, 0.25) is 5.78 Å². The molecule has 25 heavy (non-hydrogen) atoms. The van der Waals surface area contributed by atoms with Gasteiger partial charge in [0.05, 0.1) is 33.8 Å². The number of nitrogens with zero attached hydrogens (tertiary/aromatic N) is 2. The van der Waals surface area contributed by atoms with Crippen LogP contribution in [0.3, 0.4) is 0 Å². The largest absolute Gasteiger partial charge is 0.462 e. The summed E-state index contributed by atoms with van der Waals surface area (Å²) in [5, 5.41) is 0.248. The van der Waals surface area contributed by atoms with Crippen LogP contribution < -0.4 is 0 Å². The molecule has 0 unspecified atom stereocenters. The molecule has 0 bridgehead atoms. The van der Waals surface area contributed by atoms with E-state index in [1.165, 1.54) is 16.7 Å². The zero-order valence-corrected chi connectivity index (χ0v) is 13.8. The highest BCUT2D eigenvalue weighted by Gasteiger charge is 2.39. The van der Waals surface area contributed by atoms with E-state index in [2.05, 4.69) is 4.98 Å². The van der Waals surface area contributed by atoms with Crippen LogP contribution in [0, 0.1) is 0 Å². The van der Waals surface area contributed by atoms with Gasteiger partial charge < -0.3 is 9.14 Å². The molecule has 0 radical (unpaired) electrons. The van der Waals surface area contributed by atoms with Gasteiger partial charge >= 0.3 is 5.97 Å². The molecule has 0 fully saturated rings. The average Bonchev–Trinajstić information content (AvgIpc) is 2.97. The first-order valence-corrected chi connectivity index (χ1v) is 7.98. The van der Waals surface area contributed by atoms with Crippen molar-refractivity contribution in [3.63, 3.8) is 0 Å². The first-order valence-electron chi connectivity index (χ1n) is 7.60. The Morgan fingerprint density at radius 1 is 1.24 bits per heavy atom. The summed E-state index contributed by atoms with van der Waals surface area (Å²) >= 11 is 6.27. The molecule has 0 spiro atoms. The molecule has 4 rings (SSSR count). The maximum absolute atomic E-state index is 13.0. The molecule has 3 heterocycles. The third-order valence-corrected chi connectivity index (χ3v) is 4.40. The Hall–Kier alpha value is -2.99. The highest BCUT2D eigenvalue weighted by molar-refractivity contribution is 6.37. The summed E-state index contributed by atoms with van der Waals surface area (Å²) in [6.45, 7) is 1.80. The zero-order chi connectivity index (χ0) is 17.7. The topological polar surface area (TPSA) is 77.7 Å². The molecule has 0 saturated heterocycles. The van der Waals surface area contributed by atoms with Gasteiger partial charge in [-0.05, 0) is 31.2 Å².